The van der Waals surface area contributed by atoms with E-state index in [0.29, 0.717) is 45.0 Å². The highest BCUT2D eigenvalue weighted by molar-refractivity contribution is 6.14. The van der Waals surface area contributed by atoms with Crippen LogP contribution in [0, 0.1) is 66.7 Å². The van der Waals surface area contributed by atoms with Crippen molar-refractivity contribution in [3.05, 3.63) is 237 Å². The van der Waals surface area contributed by atoms with Crippen LogP contribution < -0.4 is 0 Å². The van der Waals surface area contributed by atoms with Gasteiger partial charge in [-0.1, -0.05) is 131 Å². The lowest BCUT2D eigenvalue weighted by Crippen LogP contribution is -2.16. The van der Waals surface area contributed by atoms with Gasteiger partial charge < -0.3 is 9.13 Å². The molecule has 3 nitrogen and oxygen atoms in total. The predicted molar refractivity (Wildman–Crippen MR) is 315 cm³/mol. The monoisotopic (exact) mass is 1060 g/mol. The Morgan fingerprint density at radius 3 is 0.963 bits per heavy atom. The van der Waals surface area contributed by atoms with Crippen LogP contribution in [0.3, 0.4) is 0 Å². The molecule has 0 radical (unpaired) electrons. The van der Waals surface area contributed by atoms with Crippen LogP contribution in [0.4, 0.5) is 26.3 Å². The molecular weight excluding hydrogens is 1010 g/mol. The van der Waals surface area contributed by atoms with Gasteiger partial charge >= 0.3 is 12.4 Å². The van der Waals surface area contributed by atoms with Gasteiger partial charge in [-0.05, 0) is 189 Å². The highest BCUT2D eigenvalue weighted by Gasteiger charge is 2.42. The molecule has 0 amide bonds. The Bertz CT molecular complexity index is 4360. The fourth-order valence-electron chi connectivity index (χ4n) is 12.4. The van der Waals surface area contributed by atoms with Gasteiger partial charge in [-0.25, -0.2) is 0 Å². The number of nitriles is 1. The van der Waals surface area contributed by atoms with Crippen molar-refractivity contribution in [2.45, 2.75) is 67.7 Å². The lowest BCUT2D eigenvalue weighted by Gasteiger charge is -2.24. The standard InChI is InChI=1S/C71H53F6N3/c1-39-12-20-51(43(5)30-39)47-16-25-63-56(34-47)57-35-48(52-21-13-40(2)31-44(52)6)17-26-64(57)79(63)67-29-24-55(68-61(70(72,73)74)10-9-11-62(68)71(75,76)77)69(60(67)38-78)80-65-27-18-49(53-22-14-41(3)32-45(53)7)36-58(65)59-37-50(19-28-66(59)80)54-23-15-42(4)33-46(54)8/h9-37H,1-8H3. The molecule has 0 N–H and O–H groups in total. The molecule has 80 heavy (non-hydrogen) atoms. The lowest BCUT2D eigenvalue weighted by atomic mass is 9.90. The summed E-state index contributed by atoms with van der Waals surface area (Å²) in [5.41, 5.74) is 14.2. The molecule has 0 unspecified atom stereocenters. The average Bonchev–Trinajstić information content (AvgIpc) is 4.13. The van der Waals surface area contributed by atoms with E-state index in [1.165, 1.54) is 12.1 Å². The maximum Gasteiger partial charge on any atom is 0.417 e. The van der Waals surface area contributed by atoms with Crippen molar-refractivity contribution >= 4 is 43.6 Å². The van der Waals surface area contributed by atoms with E-state index >= 15 is 26.3 Å². The first-order valence-corrected chi connectivity index (χ1v) is 26.5. The Balaban J connectivity index is 1.24. The Labute approximate surface area is 460 Å². The molecule has 0 spiro atoms. The van der Waals surface area contributed by atoms with Crippen LogP contribution >= 0.6 is 0 Å². The lowest BCUT2D eigenvalue weighted by molar-refractivity contribution is -0.142. The highest BCUT2D eigenvalue weighted by atomic mass is 19.4. The number of hydrogen-bond donors (Lipinski definition) is 0. The third-order valence-corrected chi connectivity index (χ3v) is 16.0. The molecule has 0 aliphatic heterocycles. The van der Waals surface area contributed by atoms with Gasteiger partial charge in [0.15, 0.2) is 0 Å². The molecule has 2 aromatic heterocycles. The second-order valence-corrected chi connectivity index (χ2v) is 21.6. The van der Waals surface area contributed by atoms with Crippen LogP contribution in [-0.2, 0) is 12.4 Å². The van der Waals surface area contributed by atoms with Crippen LogP contribution in [0.1, 0.15) is 61.2 Å². The van der Waals surface area contributed by atoms with E-state index < -0.39 is 34.6 Å². The Morgan fingerprint density at radius 2 is 0.662 bits per heavy atom. The largest absolute Gasteiger partial charge is 0.417 e. The van der Waals surface area contributed by atoms with Crippen molar-refractivity contribution in [3.8, 4) is 73.1 Å². The Morgan fingerprint density at radius 1 is 0.350 bits per heavy atom. The van der Waals surface area contributed by atoms with Crippen molar-refractivity contribution < 1.29 is 26.3 Å². The third kappa shape index (κ3) is 8.62. The van der Waals surface area contributed by atoms with Crippen LogP contribution in [0.5, 0.6) is 0 Å². The summed E-state index contributed by atoms with van der Waals surface area (Å²) < 4.78 is 97.2. The summed E-state index contributed by atoms with van der Waals surface area (Å²) in [7, 11) is 0. The number of alkyl halides is 6. The molecule has 0 bridgehead atoms. The van der Waals surface area contributed by atoms with E-state index in [-0.39, 0.29) is 16.9 Å². The van der Waals surface area contributed by atoms with E-state index in [9.17, 15) is 5.26 Å². The number of halogens is 6. The molecule has 10 aromatic carbocycles. The number of benzene rings is 10. The van der Waals surface area contributed by atoms with Gasteiger partial charge in [0.2, 0.25) is 0 Å². The Kier molecular flexibility index (Phi) is 12.3. The van der Waals surface area contributed by atoms with Crippen molar-refractivity contribution in [2.75, 3.05) is 0 Å². The van der Waals surface area contributed by atoms with E-state index in [4.69, 9.17) is 0 Å². The zero-order valence-electron chi connectivity index (χ0n) is 45.4. The minimum Gasteiger partial charge on any atom is -0.308 e. The normalized spacial score (nSPS) is 12.1. The van der Waals surface area contributed by atoms with Gasteiger partial charge in [-0.2, -0.15) is 31.6 Å². The first kappa shape index (κ1) is 51.6. The summed E-state index contributed by atoms with van der Waals surface area (Å²) in [5, 5.41) is 15.0. The zero-order chi connectivity index (χ0) is 56.3. The minimum absolute atomic E-state index is 0.125. The summed E-state index contributed by atoms with van der Waals surface area (Å²) >= 11 is 0. The average molecular weight is 1060 g/mol. The van der Waals surface area contributed by atoms with Crippen molar-refractivity contribution in [2.24, 2.45) is 0 Å². The van der Waals surface area contributed by atoms with E-state index in [1.54, 1.807) is 4.57 Å². The number of fused-ring (bicyclic) bond motifs is 6. The van der Waals surface area contributed by atoms with Crippen molar-refractivity contribution in [3.63, 3.8) is 0 Å². The summed E-state index contributed by atoms with van der Waals surface area (Å²) in [5.74, 6) is 0. The quantitative estimate of drug-likeness (QED) is 0.146. The van der Waals surface area contributed by atoms with E-state index in [2.05, 4.69) is 92.7 Å². The molecule has 12 aromatic rings. The summed E-state index contributed by atoms with van der Waals surface area (Å²) in [6.07, 6.45) is -10.5. The summed E-state index contributed by atoms with van der Waals surface area (Å²) in [4.78, 5) is 0. The molecule has 0 saturated carbocycles. The van der Waals surface area contributed by atoms with Crippen LogP contribution in [0.2, 0.25) is 0 Å². The zero-order valence-corrected chi connectivity index (χ0v) is 45.4. The summed E-state index contributed by atoms with van der Waals surface area (Å²) in [6.45, 7) is 16.3. The molecule has 0 aliphatic carbocycles. The van der Waals surface area contributed by atoms with Crippen molar-refractivity contribution in [1.29, 1.82) is 5.26 Å². The molecule has 0 aliphatic rings. The number of hydrogen-bond acceptors (Lipinski definition) is 1. The highest BCUT2D eigenvalue weighted by Crippen LogP contribution is 2.50. The van der Waals surface area contributed by atoms with Gasteiger partial charge in [-0.3, -0.25) is 0 Å². The van der Waals surface area contributed by atoms with Crippen LogP contribution in [0.15, 0.2) is 176 Å². The smallest absolute Gasteiger partial charge is 0.308 e. The van der Waals surface area contributed by atoms with Gasteiger partial charge in [0, 0.05) is 32.7 Å². The molecule has 0 atom stereocenters. The van der Waals surface area contributed by atoms with E-state index in [0.717, 1.165) is 106 Å². The Hall–Kier alpha value is -9.13. The topological polar surface area (TPSA) is 33.6 Å². The summed E-state index contributed by atoms with van der Waals surface area (Å²) in [6, 6.07) is 56.3. The number of aromatic nitrogens is 2. The first-order chi connectivity index (χ1) is 38.2. The SMILES string of the molecule is Cc1ccc(-c2ccc3c(c2)c2cc(-c4ccc(C)cc4C)ccc2n3-c2ccc(-c3c(C(F)(F)F)cccc3C(F)(F)F)c(-n3c4ccc(-c5ccc(C)cc5C)cc4c4cc(-c5ccc(C)cc5C)ccc43)c2C#N)c(C)c1. The minimum atomic E-state index is -5.23. The molecule has 0 saturated heterocycles. The maximum absolute atomic E-state index is 15.6. The second kappa shape index (κ2) is 19.1. The second-order valence-electron chi connectivity index (χ2n) is 21.6. The molecule has 0 fully saturated rings. The van der Waals surface area contributed by atoms with Gasteiger partial charge in [0.05, 0.1) is 44.6 Å². The van der Waals surface area contributed by atoms with Crippen LogP contribution in [-0.4, -0.2) is 9.13 Å². The molecule has 2 heterocycles. The van der Waals surface area contributed by atoms with Crippen molar-refractivity contribution in [1.82, 2.24) is 9.13 Å². The number of rotatable bonds is 7. The number of aryl methyl sites for hydroxylation is 8. The fourth-order valence-corrected chi connectivity index (χ4v) is 12.4. The maximum atomic E-state index is 15.6. The predicted octanol–water partition coefficient (Wildman–Crippen LogP) is 20.6. The van der Waals surface area contributed by atoms with Gasteiger partial charge in [-0.15, -0.1) is 0 Å². The first-order valence-electron chi connectivity index (χ1n) is 26.5. The third-order valence-electron chi connectivity index (χ3n) is 16.0. The van der Waals surface area contributed by atoms with Crippen LogP contribution in [0.25, 0.3) is 111 Å². The fraction of sp³-hybridized carbons (Fsp3) is 0.141. The molecule has 12 rings (SSSR count). The van der Waals surface area contributed by atoms with Gasteiger partial charge in [0.1, 0.15) is 11.6 Å². The van der Waals surface area contributed by atoms with Gasteiger partial charge in [0.25, 0.3) is 0 Å². The van der Waals surface area contributed by atoms with E-state index in [1.807, 2.05) is 119 Å². The molecule has 9 heteroatoms. The molecular formula is C71H53F6N3. The number of nitrogens with zero attached hydrogens (tertiary/aromatic N) is 3. The molecule has 394 valence electrons.